The molecule has 2 aromatic carbocycles. The molecule has 8 nitrogen and oxygen atoms in total. The van der Waals surface area contributed by atoms with Crippen LogP contribution in [0.3, 0.4) is 0 Å². The lowest BCUT2D eigenvalue weighted by Crippen LogP contribution is -2.39. The lowest BCUT2D eigenvalue weighted by Gasteiger charge is -2.34. The van der Waals surface area contributed by atoms with Gasteiger partial charge in [0.1, 0.15) is 0 Å². The van der Waals surface area contributed by atoms with Crippen LogP contribution >= 0.6 is 50.2 Å². The molecule has 0 amide bonds. The predicted molar refractivity (Wildman–Crippen MR) is 197 cm³/mol. The zero-order valence-corrected chi connectivity index (χ0v) is 31.2. The Hall–Kier alpha value is -2.67. The van der Waals surface area contributed by atoms with Gasteiger partial charge in [-0.3, -0.25) is 0 Å². The van der Waals surface area contributed by atoms with Crippen molar-refractivity contribution >= 4 is 70.6 Å². The number of benzene rings is 2. The summed E-state index contributed by atoms with van der Waals surface area (Å²) in [5, 5.41) is 0. The van der Waals surface area contributed by atoms with Gasteiger partial charge >= 0.3 is 0 Å². The molecule has 4 aromatic heterocycles. The van der Waals surface area contributed by atoms with Crippen LogP contribution in [0.4, 0.5) is 0 Å². The van der Waals surface area contributed by atoms with Crippen molar-refractivity contribution in [3.8, 4) is 0 Å². The van der Waals surface area contributed by atoms with Crippen LogP contribution < -0.4 is 0 Å². The average molecular weight is 742 g/mol. The lowest BCUT2D eigenvalue weighted by molar-refractivity contribution is 0.198. The van der Waals surface area contributed by atoms with Crippen LogP contribution in [-0.2, 0) is 0 Å². The third-order valence-corrected chi connectivity index (χ3v) is 11.4. The van der Waals surface area contributed by atoms with Crippen molar-refractivity contribution in [1.82, 2.24) is 38.9 Å². The highest BCUT2D eigenvalue weighted by molar-refractivity contribution is 9.11. The van der Waals surface area contributed by atoms with Crippen molar-refractivity contribution in [3.05, 3.63) is 93.4 Å². The molecule has 244 valence electrons. The Balaban J connectivity index is 0.000000181. The monoisotopic (exact) mass is 740 g/mol. The summed E-state index contributed by atoms with van der Waals surface area (Å²) in [6, 6.07) is 14.3. The van der Waals surface area contributed by atoms with Gasteiger partial charge < -0.3 is 18.9 Å². The Labute approximate surface area is 293 Å². The van der Waals surface area contributed by atoms with E-state index in [1.807, 2.05) is 31.2 Å². The van der Waals surface area contributed by atoms with Gasteiger partial charge in [0.05, 0.1) is 45.2 Å². The van der Waals surface area contributed by atoms with Crippen molar-refractivity contribution in [2.75, 3.05) is 27.2 Å². The van der Waals surface area contributed by atoms with Crippen LogP contribution in [0.1, 0.15) is 63.7 Å². The molecule has 0 saturated carbocycles. The van der Waals surface area contributed by atoms with Crippen LogP contribution in [0, 0.1) is 0 Å². The summed E-state index contributed by atoms with van der Waals surface area (Å²) in [6.07, 6.45) is 13.8. The minimum absolute atomic E-state index is 0.220. The molecule has 0 saturated heterocycles. The van der Waals surface area contributed by atoms with Crippen molar-refractivity contribution in [2.45, 2.75) is 64.7 Å². The van der Waals surface area contributed by atoms with E-state index in [4.69, 9.17) is 11.6 Å². The zero-order valence-electron chi connectivity index (χ0n) is 27.2. The summed E-state index contributed by atoms with van der Waals surface area (Å²) in [4.78, 5) is 22.2. The van der Waals surface area contributed by atoms with Gasteiger partial charge in [-0.15, -0.1) is 22.7 Å². The summed E-state index contributed by atoms with van der Waals surface area (Å²) in [7, 11) is 4.38. The van der Waals surface area contributed by atoms with Crippen LogP contribution in [0.2, 0.25) is 4.47 Å². The van der Waals surface area contributed by atoms with Crippen LogP contribution in [0.25, 0.3) is 20.4 Å². The molecular formula is C34H42BrClN8S2. The molecule has 0 N–H and O–H groups in total. The smallest absolute Gasteiger partial charge is 0.184 e. The summed E-state index contributed by atoms with van der Waals surface area (Å²) in [5.41, 5.74) is 4.58. The SMILES string of the molecule is CCC(C(c1ccc2nc(Br)sc2c1)n1ccnc1)N(C)CC.CCC(C(c1ccc2nc(Cl)sc2c1)n1ccnc1)N(C)CC. The largest absolute Gasteiger partial charge is 0.328 e. The predicted octanol–water partition coefficient (Wildman–Crippen LogP) is 9.04. The number of aromatic nitrogens is 6. The Morgan fingerprint density at radius 2 is 1.22 bits per heavy atom. The molecule has 0 spiro atoms. The number of fused-ring (bicyclic) bond motifs is 2. The first-order valence-electron chi connectivity index (χ1n) is 15.7. The second kappa shape index (κ2) is 16.0. The third-order valence-electron chi connectivity index (χ3n) is 8.84. The second-order valence-electron chi connectivity index (χ2n) is 11.4. The first kappa shape index (κ1) is 34.7. The molecule has 6 rings (SSSR count). The van der Waals surface area contributed by atoms with Gasteiger partial charge in [-0.1, -0.05) is 51.4 Å². The molecule has 4 atom stereocenters. The molecule has 4 unspecified atom stereocenters. The number of hydrogen-bond donors (Lipinski definition) is 0. The number of hydrogen-bond acceptors (Lipinski definition) is 8. The van der Waals surface area contributed by atoms with Gasteiger partial charge in [-0.25, -0.2) is 19.9 Å². The van der Waals surface area contributed by atoms with E-state index in [0.29, 0.717) is 16.6 Å². The number of thiazole rings is 2. The molecular weight excluding hydrogens is 700 g/mol. The molecule has 0 bridgehead atoms. The first-order chi connectivity index (χ1) is 22.3. The van der Waals surface area contributed by atoms with E-state index >= 15 is 0 Å². The highest BCUT2D eigenvalue weighted by atomic mass is 79.9. The fourth-order valence-corrected chi connectivity index (χ4v) is 8.80. The normalized spacial score (nSPS) is 14.5. The molecule has 4 heterocycles. The van der Waals surface area contributed by atoms with Gasteiger partial charge in [-0.2, -0.15) is 0 Å². The topological polar surface area (TPSA) is 67.9 Å². The molecule has 6 aromatic rings. The summed E-state index contributed by atoms with van der Waals surface area (Å²) in [5.74, 6) is 0. The highest BCUT2D eigenvalue weighted by Crippen LogP contribution is 2.34. The van der Waals surface area contributed by atoms with Gasteiger partial charge in [0.2, 0.25) is 0 Å². The maximum atomic E-state index is 6.06. The van der Waals surface area contributed by atoms with Crippen molar-refractivity contribution in [2.24, 2.45) is 0 Å². The summed E-state index contributed by atoms with van der Waals surface area (Å²) >= 11 is 12.8. The maximum Gasteiger partial charge on any atom is 0.184 e. The second-order valence-corrected chi connectivity index (χ2v) is 15.3. The Kier molecular flexibility index (Phi) is 12.0. The van der Waals surface area contributed by atoms with E-state index in [1.54, 1.807) is 11.3 Å². The van der Waals surface area contributed by atoms with E-state index in [0.717, 1.165) is 45.6 Å². The van der Waals surface area contributed by atoms with E-state index in [1.165, 1.54) is 27.2 Å². The first-order valence-corrected chi connectivity index (χ1v) is 18.5. The Bertz CT molecular complexity index is 1670. The minimum atomic E-state index is 0.220. The van der Waals surface area contributed by atoms with Crippen molar-refractivity contribution in [3.63, 3.8) is 0 Å². The Morgan fingerprint density at radius 3 is 1.65 bits per heavy atom. The zero-order chi connectivity index (χ0) is 32.8. The van der Waals surface area contributed by atoms with Crippen LogP contribution in [0.15, 0.2) is 77.8 Å². The van der Waals surface area contributed by atoms with E-state index in [9.17, 15) is 0 Å². The average Bonchev–Trinajstić information content (AvgIpc) is 3.88. The van der Waals surface area contributed by atoms with Gasteiger partial charge in [0.15, 0.2) is 8.38 Å². The molecule has 0 aliphatic carbocycles. The molecule has 0 radical (unpaired) electrons. The fourth-order valence-electron chi connectivity index (χ4n) is 6.27. The van der Waals surface area contributed by atoms with Crippen molar-refractivity contribution < 1.29 is 0 Å². The van der Waals surface area contributed by atoms with Crippen LogP contribution in [0.5, 0.6) is 0 Å². The van der Waals surface area contributed by atoms with E-state index < -0.39 is 0 Å². The number of likely N-dealkylation sites (N-methyl/N-ethyl adjacent to an activating group) is 2. The molecule has 46 heavy (non-hydrogen) atoms. The van der Waals surface area contributed by atoms with E-state index in [-0.39, 0.29) is 12.1 Å². The van der Waals surface area contributed by atoms with E-state index in [2.05, 4.69) is 139 Å². The highest BCUT2D eigenvalue weighted by Gasteiger charge is 2.28. The van der Waals surface area contributed by atoms with Gasteiger partial charge in [0.25, 0.3) is 0 Å². The quantitative estimate of drug-likeness (QED) is 0.125. The number of imidazole rings is 2. The maximum absolute atomic E-state index is 6.06. The molecule has 0 aliphatic rings. The summed E-state index contributed by atoms with van der Waals surface area (Å²) < 4.78 is 8.29. The minimum Gasteiger partial charge on any atom is -0.328 e. The Morgan fingerprint density at radius 1 is 0.739 bits per heavy atom. The van der Waals surface area contributed by atoms with Gasteiger partial charge in [-0.05, 0) is 91.3 Å². The number of halogens is 2. The molecule has 0 fully saturated rings. The number of nitrogens with zero attached hydrogens (tertiary/aromatic N) is 8. The summed E-state index contributed by atoms with van der Waals surface area (Å²) in [6.45, 7) is 10.9. The van der Waals surface area contributed by atoms with Crippen molar-refractivity contribution in [1.29, 1.82) is 0 Å². The molecule has 12 heteroatoms. The third kappa shape index (κ3) is 7.72. The van der Waals surface area contributed by atoms with Crippen LogP contribution in [-0.4, -0.2) is 78.1 Å². The fraction of sp³-hybridized carbons (Fsp3) is 0.412. The molecule has 0 aliphatic heterocycles. The number of rotatable bonds is 12. The lowest BCUT2D eigenvalue weighted by atomic mass is 9.95. The standard InChI is InChI=1S/C17H21BrN4S.C17H21ClN4S/c2*1-4-14(21(3)5-2)16(22-9-8-19-11-22)12-6-7-13-15(10-12)23-17(18)20-13/h2*6-11,14,16H,4-5H2,1-3H3. The van der Waals surface area contributed by atoms with Gasteiger partial charge in [0, 0.05) is 36.9 Å².